The lowest BCUT2D eigenvalue weighted by atomic mass is 10.0. The van der Waals surface area contributed by atoms with Crippen LogP contribution >= 0.6 is 0 Å². The highest BCUT2D eigenvalue weighted by atomic mass is 16.7. The van der Waals surface area contributed by atoms with Crippen molar-refractivity contribution in [1.29, 1.82) is 0 Å². The van der Waals surface area contributed by atoms with Gasteiger partial charge in [0.05, 0.1) is 13.7 Å². The van der Waals surface area contributed by atoms with Crippen molar-refractivity contribution in [3.05, 3.63) is 89.7 Å². The van der Waals surface area contributed by atoms with Gasteiger partial charge < -0.3 is 19.1 Å². The van der Waals surface area contributed by atoms with E-state index >= 15 is 0 Å². The van der Waals surface area contributed by atoms with E-state index in [1.54, 1.807) is 7.11 Å². The molecule has 9 nitrogen and oxygen atoms in total. The van der Waals surface area contributed by atoms with Crippen LogP contribution in [0.5, 0.6) is 17.2 Å². The summed E-state index contributed by atoms with van der Waals surface area (Å²) in [7, 11) is 1.71. The Bertz CT molecular complexity index is 1320. The third-order valence-electron chi connectivity index (χ3n) is 6.81. The van der Waals surface area contributed by atoms with Crippen LogP contribution in [-0.2, 0) is 6.54 Å². The second-order valence-electron chi connectivity index (χ2n) is 8.89. The maximum Gasteiger partial charge on any atom is 0.231 e. The molecule has 0 bridgehead atoms. The van der Waals surface area contributed by atoms with Gasteiger partial charge >= 0.3 is 0 Å². The summed E-state index contributed by atoms with van der Waals surface area (Å²) < 4.78 is 18.7. The SMILES string of the molecule is COc1ccccc1[C@@H](c1nnnn1Cc1ccc2c(c1)OCO2)N1CCN(c2ccccc2)CC1. The number of tetrazole rings is 1. The molecule has 2 aliphatic rings. The van der Waals surface area contributed by atoms with E-state index < -0.39 is 0 Å². The molecule has 1 saturated heterocycles. The summed E-state index contributed by atoms with van der Waals surface area (Å²) in [6, 6.07) is 24.5. The first-order valence-electron chi connectivity index (χ1n) is 12.1. The lowest BCUT2D eigenvalue weighted by molar-refractivity contribution is 0.174. The number of ether oxygens (including phenoxy) is 3. The van der Waals surface area contributed by atoms with E-state index in [1.165, 1.54) is 5.69 Å². The Morgan fingerprint density at radius 1 is 0.889 bits per heavy atom. The Morgan fingerprint density at radius 3 is 2.50 bits per heavy atom. The van der Waals surface area contributed by atoms with Crippen LogP contribution in [0.1, 0.15) is 23.0 Å². The van der Waals surface area contributed by atoms with Gasteiger partial charge in [-0.25, -0.2) is 4.68 Å². The minimum atomic E-state index is -0.150. The molecule has 1 aromatic heterocycles. The highest BCUT2D eigenvalue weighted by Crippen LogP contribution is 2.36. The molecular formula is C27H28N6O3. The minimum Gasteiger partial charge on any atom is -0.496 e. The normalized spacial score (nSPS) is 16.2. The van der Waals surface area contributed by atoms with Crippen LogP contribution in [-0.4, -0.2) is 65.2 Å². The zero-order valence-electron chi connectivity index (χ0n) is 20.2. The molecule has 36 heavy (non-hydrogen) atoms. The van der Waals surface area contributed by atoms with Crippen molar-refractivity contribution in [3.63, 3.8) is 0 Å². The van der Waals surface area contributed by atoms with Gasteiger partial charge in [0.15, 0.2) is 17.3 Å². The first-order chi connectivity index (χ1) is 17.8. The molecule has 0 N–H and O–H groups in total. The average molecular weight is 485 g/mol. The van der Waals surface area contributed by atoms with Crippen molar-refractivity contribution in [2.75, 3.05) is 45.0 Å². The predicted molar refractivity (Wildman–Crippen MR) is 135 cm³/mol. The quantitative estimate of drug-likeness (QED) is 0.395. The van der Waals surface area contributed by atoms with E-state index in [1.807, 2.05) is 41.1 Å². The van der Waals surface area contributed by atoms with Crippen LogP contribution < -0.4 is 19.1 Å². The van der Waals surface area contributed by atoms with Gasteiger partial charge in [0.1, 0.15) is 11.8 Å². The largest absolute Gasteiger partial charge is 0.496 e. The van der Waals surface area contributed by atoms with E-state index in [9.17, 15) is 0 Å². The molecule has 4 aromatic rings. The molecule has 0 saturated carbocycles. The topological polar surface area (TPSA) is 77.8 Å². The Balaban J connectivity index is 1.31. The van der Waals surface area contributed by atoms with Crippen molar-refractivity contribution in [1.82, 2.24) is 25.1 Å². The number of benzene rings is 3. The summed E-state index contributed by atoms with van der Waals surface area (Å²) >= 11 is 0. The van der Waals surface area contributed by atoms with Gasteiger partial charge in [-0.3, -0.25) is 4.90 Å². The van der Waals surface area contributed by atoms with E-state index in [0.29, 0.717) is 6.54 Å². The van der Waals surface area contributed by atoms with Gasteiger partial charge in [0, 0.05) is 37.4 Å². The maximum atomic E-state index is 5.77. The van der Waals surface area contributed by atoms with Crippen LogP contribution in [0.3, 0.4) is 0 Å². The highest BCUT2D eigenvalue weighted by molar-refractivity contribution is 5.47. The number of aromatic nitrogens is 4. The van der Waals surface area contributed by atoms with Gasteiger partial charge in [-0.2, -0.15) is 0 Å². The molecule has 184 valence electrons. The number of rotatable bonds is 7. The highest BCUT2D eigenvalue weighted by Gasteiger charge is 2.32. The number of anilines is 1. The molecule has 0 amide bonds. The summed E-state index contributed by atoms with van der Waals surface area (Å²) in [6.45, 7) is 4.34. The maximum absolute atomic E-state index is 5.77. The fourth-order valence-electron chi connectivity index (χ4n) is 5.00. The molecular weight excluding hydrogens is 456 g/mol. The van der Waals surface area contributed by atoms with Crippen LogP contribution in [0.15, 0.2) is 72.8 Å². The molecule has 3 aromatic carbocycles. The number of hydrogen-bond acceptors (Lipinski definition) is 8. The smallest absolute Gasteiger partial charge is 0.231 e. The third kappa shape index (κ3) is 4.33. The zero-order valence-corrected chi connectivity index (χ0v) is 20.2. The van der Waals surface area contributed by atoms with E-state index in [0.717, 1.165) is 60.4 Å². The van der Waals surface area contributed by atoms with Crippen LogP contribution in [0.2, 0.25) is 0 Å². The molecule has 6 rings (SSSR count). The van der Waals surface area contributed by atoms with Crippen LogP contribution in [0.25, 0.3) is 0 Å². The molecule has 0 unspecified atom stereocenters. The Labute approximate surface area is 209 Å². The van der Waals surface area contributed by atoms with Gasteiger partial charge in [0.25, 0.3) is 0 Å². The summed E-state index contributed by atoms with van der Waals surface area (Å²) in [5, 5.41) is 13.0. The Hall–Kier alpha value is -4.11. The lowest BCUT2D eigenvalue weighted by Gasteiger charge is -2.40. The standard InChI is InChI=1S/C27H28N6O3/c1-34-23-10-6-5-9-22(23)26(32-15-13-31(14-16-32)21-7-3-2-4-8-21)27-28-29-30-33(27)18-20-11-12-24-25(17-20)36-19-35-24/h2-12,17,26H,13-16,18-19H2,1H3/t26-/m0/s1. The van der Waals surface area contributed by atoms with E-state index in [-0.39, 0.29) is 12.8 Å². The zero-order chi connectivity index (χ0) is 24.3. The second kappa shape index (κ2) is 9.87. The monoisotopic (exact) mass is 484 g/mol. The van der Waals surface area contributed by atoms with E-state index in [2.05, 4.69) is 61.7 Å². The molecule has 2 aliphatic heterocycles. The Morgan fingerprint density at radius 2 is 1.67 bits per heavy atom. The average Bonchev–Trinajstić information content (AvgIpc) is 3.59. The van der Waals surface area contributed by atoms with Crippen molar-refractivity contribution in [3.8, 4) is 17.2 Å². The fourth-order valence-corrected chi connectivity index (χ4v) is 5.00. The molecule has 0 radical (unpaired) electrons. The van der Waals surface area contributed by atoms with Crippen molar-refractivity contribution in [2.24, 2.45) is 0 Å². The second-order valence-corrected chi connectivity index (χ2v) is 8.89. The fraction of sp³-hybridized carbons (Fsp3) is 0.296. The first kappa shape index (κ1) is 22.4. The third-order valence-corrected chi connectivity index (χ3v) is 6.81. The van der Waals surface area contributed by atoms with Crippen LogP contribution in [0, 0.1) is 0 Å². The van der Waals surface area contributed by atoms with E-state index in [4.69, 9.17) is 14.2 Å². The van der Waals surface area contributed by atoms with Crippen molar-refractivity contribution in [2.45, 2.75) is 12.6 Å². The minimum absolute atomic E-state index is 0.150. The lowest BCUT2D eigenvalue weighted by Crippen LogP contribution is -2.48. The number of hydrogen-bond donors (Lipinski definition) is 0. The van der Waals surface area contributed by atoms with Crippen molar-refractivity contribution < 1.29 is 14.2 Å². The van der Waals surface area contributed by atoms with Crippen LogP contribution in [0.4, 0.5) is 5.69 Å². The number of fused-ring (bicyclic) bond motifs is 1. The number of methoxy groups -OCH3 is 1. The molecule has 3 heterocycles. The van der Waals surface area contributed by atoms with Gasteiger partial charge in [-0.05, 0) is 46.3 Å². The molecule has 0 aliphatic carbocycles. The number of para-hydroxylation sites is 2. The van der Waals surface area contributed by atoms with Crippen molar-refractivity contribution >= 4 is 5.69 Å². The summed E-state index contributed by atoms with van der Waals surface area (Å²) in [5.74, 6) is 3.12. The number of piperazine rings is 1. The summed E-state index contributed by atoms with van der Waals surface area (Å²) in [4.78, 5) is 4.87. The van der Waals surface area contributed by atoms with Gasteiger partial charge in [-0.1, -0.05) is 42.5 Å². The molecule has 1 fully saturated rings. The molecule has 9 heteroatoms. The predicted octanol–water partition coefficient (Wildman–Crippen LogP) is 3.37. The summed E-state index contributed by atoms with van der Waals surface area (Å²) in [6.07, 6.45) is 0. The number of nitrogens with zero attached hydrogens (tertiary/aromatic N) is 6. The summed E-state index contributed by atoms with van der Waals surface area (Å²) in [5.41, 5.74) is 3.34. The van der Waals surface area contributed by atoms with Gasteiger partial charge in [0.2, 0.25) is 6.79 Å². The van der Waals surface area contributed by atoms with Gasteiger partial charge in [-0.15, -0.1) is 5.10 Å². The molecule has 0 spiro atoms. The Kier molecular flexibility index (Phi) is 6.13. The first-order valence-corrected chi connectivity index (χ1v) is 12.1. The molecule has 1 atom stereocenters.